The molecule has 0 aromatic carbocycles. The molecule has 0 aliphatic carbocycles. The number of nitrogens with one attached hydrogen (secondary N) is 1. The number of piperazine rings is 1. The number of hydrogen-bond acceptors (Lipinski definition) is 2. The van der Waals surface area contributed by atoms with Gasteiger partial charge in [-0.05, 0) is 19.0 Å². The Morgan fingerprint density at radius 3 is 3.36 bits per heavy atom. The summed E-state index contributed by atoms with van der Waals surface area (Å²) in [5.41, 5.74) is 0. The van der Waals surface area contributed by atoms with Crippen LogP contribution in [0.2, 0.25) is 0 Å². The minimum Gasteiger partial charge on any atom is -0.364 e. The second kappa shape index (κ2) is 2.57. The van der Waals surface area contributed by atoms with E-state index >= 15 is 0 Å². The fourth-order valence-corrected chi connectivity index (χ4v) is 1.67. The average Bonchev–Trinajstić information content (AvgIpc) is 2.06. The Hall–Kier alpha value is -0.990. The molecule has 3 heteroatoms. The molecule has 2 heterocycles. The van der Waals surface area contributed by atoms with Crippen molar-refractivity contribution in [2.75, 3.05) is 13.1 Å². The summed E-state index contributed by atoms with van der Waals surface area (Å²) in [4.78, 5) is 13.4. The zero-order valence-corrected chi connectivity index (χ0v) is 6.42. The molecule has 60 valence electrons. The second-order valence-electron chi connectivity index (χ2n) is 3.01. The Bertz CT molecular complexity index is 200. The minimum atomic E-state index is 0.119. The highest BCUT2D eigenvalue weighted by Gasteiger charge is 2.28. The third kappa shape index (κ3) is 1.11. The zero-order chi connectivity index (χ0) is 7.68. The van der Waals surface area contributed by atoms with Crippen LogP contribution in [0.25, 0.3) is 0 Å². The Balaban J connectivity index is 2.15. The maximum Gasteiger partial charge on any atom is 0.242 e. The quantitative estimate of drug-likeness (QED) is 0.533. The molecule has 1 saturated heterocycles. The number of rotatable bonds is 0. The van der Waals surface area contributed by atoms with Crippen LogP contribution >= 0.6 is 0 Å². The summed E-state index contributed by atoms with van der Waals surface area (Å²) >= 11 is 0. The summed E-state index contributed by atoms with van der Waals surface area (Å²) in [6.45, 7) is 1.76. The maximum absolute atomic E-state index is 11.2. The van der Waals surface area contributed by atoms with Crippen LogP contribution in [0.4, 0.5) is 0 Å². The van der Waals surface area contributed by atoms with Crippen molar-refractivity contribution in [3.63, 3.8) is 0 Å². The predicted octanol–water partition coefficient (Wildman–Crippen LogP) is 0.0943. The SMILES string of the molecule is O=C1NCCN2C=CCCC12. The topological polar surface area (TPSA) is 32.3 Å². The number of carbonyl (C=O) groups is 1. The van der Waals surface area contributed by atoms with Crippen LogP contribution in [0.3, 0.4) is 0 Å². The fourth-order valence-electron chi connectivity index (χ4n) is 1.67. The van der Waals surface area contributed by atoms with E-state index in [2.05, 4.69) is 16.3 Å². The van der Waals surface area contributed by atoms with Crippen molar-refractivity contribution >= 4 is 5.91 Å². The van der Waals surface area contributed by atoms with Crippen molar-refractivity contribution in [2.45, 2.75) is 18.9 Å². The minimum absolute atomic E-state index is 0.119. The standard InChI is InChI=1S/C8H12N2O/c11-8-7-3-1-2-5-10(7)6-4-9-8/h2,5,7H,1,3-4,6H2,(H,9,11). The number of hydrogen-bond donors (Lipinski definition) is 1. The summed E-state index contributed by atoms with van der Waals surface area (Å²) in [7, 11) is 0. The monoisotopic (exact) mass is 152 g/mol. The molecular weight excluding hydrogens is 140 g/mol. The molecular formula is C8H12N2O. The number of allylic oxidation sites excluding steroid dienone is 1. The van der Waals surface area contributed by atoms with Crippen molar-refractivity contribution in [3.8, 4) is 0 Å². The molecule has 0 aromatic heterocycles. The molecule has 2 aliphatic heterocycles. The van der Waals surface area contributed by atoms with E-state index in [1.165, 1.54) is 0 Å². The van der Waals surface area contributed by atoms with Crippen LogP contribution in [-0.4, -0.2) is 29.9 Å². The van der Waals surface area contributed by atoms with E-state index in [0.29, 0.717) is 0 Å². The van der Waals surface area contributed by atoms with Crippen LogP contribution in [0.1, 0.15) is 12.8 Å². The van der Waals surface area contributed by atoms with E-state index < -0.39 is 0 Å². The van der Waals surface area contributed by atoms with E-state index in [9.17, 15) is 4.79 Å². The first-order valence-electron chi connectivity index (χ1n) is 4.08. The Morgan fingerprint density at radius 2 is 2.55 bits per heavy atom. The molecule has 0 radical (unpaired) electrons. The lowest BCUT2D eigenvalue weighted by Crippen LogP contribution is -2.53. The Labute approximate surface area is 66.1 Å². The second-order valence-corrected chi connectivity index (χ2v) is 3.01. The van der Waals surface area contributed by atoms with Crippen molar-refractivity contribution < 1.29 is 4.79 Å². The molecule has 1 unspecified atom stereocenters. The molecule has 1 fully saturated rings. The van der Waals surface area contributed by atoms with Crippen molar-refractivity contribution in [2.24, 2.45) is 0 Å². The Kier molecular flexibility index (Phi) is 1.56. The summed E-state index contributed by atoms with van der Waals surface area (Å²) in [5.74, 6) is 0.195. The molecule has 2 rings (SSSR count). The molecule has 0 aromatic rings. The zero-order valence-electron chi connectivity index (χ0n) is 6.42. The maximum atomic E-state index is 11.2. The third-order valence-corrected chi connectivity index (χ3v) is 2.28. The summed E-state index contributed by atoms with van der Waals surface area (Å²) in [6, 6.07) is 0.119. The highest BCUT2D eigenvalue weighted by Crippen LogP contribution is 2.16. The van der Waals surface area contributed by atoms with Crippen molar-refractivity contribution in [1.29, 1.82) is 0 Å². The van der Waals surface area contributed by atoms with Gasteiger partial charge in [-0.1, -0.05) is 6.08 Å². The van der Waals surface area contributed by atoms with Gasteiger partial charge in [0.25, 0.3) is 0 Å². The lowest BCUT2D eigenvalue weighted by molar-refractivity contribution is -0.128. The van der Waals surface area contributed by atoms with Crippen LogP contribution in [0.5, 0.6) is 0 Å². The highest BCUT2D eigenvalue weighted by atomic mass is 16.2. The first-order chi connectivity index (χ1) is 5.38. The van der Waals surface area contributed by atoms with Crippen LogP contribution in [-0.2, 0) is 4.79 Å². The molecule has 0 spiro atoms. The molecule has 1 atom stereocenters. The van der Waals surface area contributed by atoms with Gasteiger partial charge in [0, 0.05) is 13.1 Å². The number of carbonyl (C=O) groups excluding carboxylic acids is 1. The smallest absolute Gasteiger partial charge is 0.242 e. The van der Waals surface area contributed by atoms with Crippen molar-refractivity contribution in [3.05, 3.63) is 12.3 Å². The van der Waals surface area contributed by atoms with Gasteiger partial charge in [0.1, 0.15) is 6.04 Å². The van der Waals surface area contributed by atoms with Gasteiger partial charge in [0.2, 0.25) is 5.91 Å². The van der Waals surface area contributed by atoms with Gasteiger partial charge in [0.05, 0.1) is 0 Å². The number of amides is 1. The fraction of sp³-hybridized carbons (Fsp3) is 0.625. The average molecular weight is 152 g/mol. The van der Waals surface area contributed by atoms with Gasteiger partial charge in [0.15, 0.2) is 0 Å². The molecule has 11 heavy (non-hydrogen) atoms. The lowest BCUT2D eigenvalue weighted by atomic mass is 10.0. The van der Waals surface area contributed by atoms with Gasteiger partial charge in [-0.3, -0.25) is 4.79 Å². The largest absolute Gasteiger partial charge is 0.364 e. The van der Waals surface area contributed by atoms with Crippen molar-refractivity contribution in [1.82, 2.24) is 10.2 Å². The van der Waals surface area contributed by atoms with Gasteiger partial charge in [-0.25, -0.2) is 0 Å². The van der Waals surface area contributed by atoms with Gasteiger partial charge >= 0.3 is 0 Å². The van der Waals surface area contributed by atoms with E-state index in [1.807, 2.05) is 6.20 Å². The van der Waals surface area contributed by atoms with Gasteiger partial charge in [-0.15, -0.1) is 0 Å². The molecule has 3 nitrogen and oxygen atoms in total. The normalized spacial score (nSPS) is 29.6. The summed E-state index contributed by atoms with van der Waals surface area (Å²) in [6.07, 6.45) is 6.19. The Morgan fingerprint density at radius 1 is 1.64 bits per heavy atom. The molecule has 1 N–H and O–H groups in total. The van der Waals surface area contributed by atoms with Gasteiger partial charge < -0.3 is 10.2 Å². The highest BCUT2D eigenvalue weighted by molar-refractivity contribution is 5.82. The molecule has 2 aliphatic rings. The lowest BCUT2D eigenvalue weighted by Gasteiger charge is -2.36. The van der Waals surface area contributed by atoms with Crippen LogP contribution < -0.4 is 5.32 Å². The molecule has 0 saturated carbocycles. The first kappa shape index (κ1) is 6.70. The van der Waals surface area contributed by atoms with Crippen LogP contribution in [0, 0.1) is 0 Å². The summed E-state index contributed by atoms with van der Waals surface area (Å²) < 4.78 is 0. The van der Waals surface area contributed by atoms with E-state index in [1.54, 1.807) is 0 Å². The first-order valence-corrected chi connectivity index (χ1v) is 4.08. The summed E-state index contributed by atoms with van der Waals surface area (Å²) in [5, 5.41) is 2.87. The molecule has 0 bridgehead atoms. The van der Waals surface area contributed by atoms with Gasteiger partial charge in [-0.2, -0.15) is 0 Å². The van der Waals surface area contributed by atoms with E-state index in [0.717, 1.165) is 25.9 Å². The van der Waals surface area contributed by atoms with Crippen LogP contribution in [0.15, 0.2) is 12.3 Å². The predicted molar refractivity (Wildman–Crippen MR) is 41.9 cm³/mol. The number of nitrogens with zero attached hydrogens (tertiary/aromatic N) is 1. The molecule has 1 amide bonds. The third-order valence-electron chi connectivity index (χ3n) is 2.28. The van der Waals surface area contributed by atoms with E-state index in [4.69, 9.17) is 0 Å². The number of fused-ring (bicyclic) bond motifs is 1. The van der Waals surface area contributed by atoms with E-state index in [-0.39, 0.29) is 11.9 Å².